The summed E-state index contributed by atoms with van der Waals surface area (Å²) in [6, 6.07) is -0.116. The van der Waals surface area contributed by atoms with E-state index < -0.39 is 0 Å². The van der Waals surface area contributed by atoms with E-state index in [0.717, 1.165) is 0 Å². The molecule has 0 bridgehead atoms. The maximum atomic E-state index is 5.76. The molecule has 1 heterocycles. The number of H-pyrrole nitrogens is 1. The molecule has 1 rings (SSSR count). The van der Waals surface area contributed by atoms with Crippen molar-refractivity contribution < 1.29 is 0 Å². The lowest BCUT2D eigenvalue weighted by molar-refractivity contribution is 0.492. The van der Waals surface area contributed by atoms with Gasteiger partial charge in [-0.1, -0.05) is 13.8 Å². The minimum atomic E-state index is -0.116. The van der Waals surface area contributed by atoms with Gasteiger partial charge in [-0.05, 0) is 17.5 Å². The van der Waals surface area contributed by atoms with Crippen molar-refractivity contribution >= 4 is 11.6 Å². The first-order chi connectivity index (χ1) is 5.11. The summed E-state index contributed by atoms with van der Waals surface area (Å²) in [5.41, 5.74) is 5.76. The SMILES string of the molecule is CC(C)[C@H](N)c1nc(Cl)n[nH]1. The third-order valence-corrected chi connectivity index (χ3v) is 1.68. The van der Waals surface area contributed by atoms with Gasteiger partial charge < -0.3 is 5.73 Å². The van der Waals surface area contributed by atoms with Crippen LogP contribution in [0.4, 0.5) is 0 Å². The van der Waals surface area contributed by atoms with E-state index in [4.69, 9.17) is 17.3 Å². The molecule has 1 aromatic heterocycles. The first-order valence-electron chi connectivity index (χ1n) is 3.44. The number of rotatable bonds is 2. The fourth-order valence-corrected chi connectivity index (χ4v) is 0.851. The van der Waals surface area contributed by atoms with E-state index in [2.05, 4.69) is 15.2 Å². The van der Waals surface area contributed by atoms with Crippen LogP contribution < -0.4 is 5.73 Å². The number of aromatic nitrogens is 3. The summed E-state index contributed by atoms with van der Waals surface area (Å²) in [6.07, 6.45) is 0. The number of hydrogen-bond donors (Lipinski definition) is 2. The highest BCUT2D eigenvalue weighted by Crippen LogP contribution is 2.15. The van der Waals surface area contributed by atoms with Gasteiger partial charge in [-0.3, -0.25) is 5.10 Å². The second-order valence-electron chi connectivity index (χ2n) is 2.76. The smallest absolute Gasteiger partial charge is 0.242 e. The molecule has 0 saturated heterocycles. The van der Waals surface area contributed by atoms with E-state index in [-0.39, 0.29) is 11.3 Å². The second kappa shape index (κ2) is 3.19. The Hall–Kier alpha value is -0.610. The Balaban J connectivity index is 2.76. The number of nitrogens with zero attached hydrogens (tertiary/aromatic N) is 2. The van der Waals surface area contributed by atoms with E-state index in [1.807, 2.05) is 13.8 Å². The minimum Gasteiger partial charge on any atom is -0.321 e. The fraction of sp³-hybridized carbons (Fsp3) is 0.667. The Labute approximate surface area is 70.2 Å². The van der Waals surface area contributed by atoms with Crippen molar-refractivity contribution in [1.82, 2.24) is 15.2 Å². The lowest BCUT2D eigenvalue weighted by atomic mass is 10.1. The minimum absolute atomic E-state index is 0.116. The van der Waals surface area contributed by atoms with Gasteiger partial charge in [0.2, 0.25) is 5.28 Å². The second-order valence-corrected chi connectivity index (χ2v) is 3.10. The largest absolute Gasteiger partial charge is 0.321 e. The van der Waals surface area contributed by atoms with Gasteiger partial charge in [-0.25, -0.2) is 4.98 Å². The van der Waals surface area contributed by atoms with Crippen LogP contribution in [0.3, 0.4) is 0 Å². The molecular weight excluding hydrogens is 164 g/mol. The van der Waals surface area contributed by atoms with Gasteiger partial charge >= 0.3 is 0 Å². The number of aromatic amines is 1. The molecule has 0 aromatic carbocycles. The van der Waals surface area contributed by atoms with Crippen LogP contribution in [0.2, 0.25) is 5.28 Å². The maximum absolute atomic E-state index is 5.76. The summed E-state index contributed by atoms with van der Waals surface area (Å²) in [7, 11) is 0. The van der Waals surface area contributed by atoms with Crippen molar-refractivity contribution in [1.29, 1.82) is 0 Å². The topological polar surface area (TPSA) is 67.6 Å². The van der Waals surface area contributed by atoms with Crippen LogP contribution >= 0.6 is 11.6 Å². The zero-order valence-corrected chi connectivity index (χ0v) is 7.26. The molecule has 0 spiro atoms. The molecule has 1 atom stereocenters. The highest BCUT2D eigenvalue weighted by molar-refractivity contribution is 6.28. The number of hydrogen-bond acceptors (Lipinski definition) is 3. The van der Waals surface area contributed by atoms with Crippen molar-refractivity contribution in [3.63, 3.8) is 0 Å². The molecule has 0 amide bonds. The van der Waals surface area contributed by atoms with E-state index in [1.165, 1.54) is 0 Å². The zero-order valence-electron chi connectivity index (χ0n) is 6.50. The van der Waals surface area contributed by atoms with Gasteiger partial charge in [0.15, 0.2) is 0 Å². The molecule has 0 radical (unpaired) electrons. The molecule has 3 N–H and O–H groups in total. The monoisotopic (exact) mass is 174 g/mol. The van der Waals surface area contributed by atoms with E-state index in [1.54, 1.807) is 0 Å². The van der Waals surface area contributed by atoms with Crippen molar-refractivity contribution in [3.8, 4) is 0 Å². The van der Waals surface area contributed by atoms with Gasteiger partial charge in [0.1, 0.15) is 5.82 Å². The van der Waals surface area contributed by atoms with Crippen LogP contribution in [0.1, 0.15) is 25.7 Å². The predicted octanol–water partition coefficient (Wildman–Crippen LogP) is 1.11. The van der Waals surface area contributed by atoms with Crippen molar-refractivity contribution in [3.05, 3.63) is 11.1 Å². The molecule has 0 unspecified atom stereocenters. The first kappa shape index (κ1) is 8.49. The van der Waals surface area contributed by atoms with Gasteiger partial charge in [-0.15, -0.1) is 5.10 Å². The Morgan fingerprint density at radius 1 is 1.55 bits per heavy atom. The van der Waals surface area contributed by atoms with Crippen molar-refractivity contribution in [2.45, 2.75) is 19.9 Å². The molecule has 5 heteroatoms. The van der Waals surface area contributed by atoms with Gasteiger partial charge in [0.25, 0.3) is 0 Å². The van der Waals surface area contributed by atoms with E-state index in [9.17, 15) is 0 Å². The third-order valence-electron chi connectivity index (χ3n) is 1.51. The van der Waals surface area contributed by atoms with Gasteiger partial charge in [-0.2, -0.15) is 0 Å². The Morgan fingerprint density at radius 3 is 2.55 bits per heavy atom. The Morgan fingerprint density at radius 2 is 2.18 bits per heavy atom. The molecule has 0 aliphatic heterocycles. The molecular formula is C6H11ClN4. The summed E-state index contributed by atoms with van der Waals surface area (Å²) < 4.78 is 0. The van der Waals surface area contributed by atoms with E-state index in [0.29, 0.717) is 11.7 Å². The van der Waals surface area contributed by atoms with Crippen LogP contribution in [0.5, 0.6) is 0 Å². The normalized spacial score (nSPS) is 13.9. The third kappa shape index (κ3) is 1.91. The van der Waals surface area contributed by atoms with Crippen LogP contribution in [-0.4, -0.2) is 15.2 Å². The summed E-state index contributed by atoms with van der Waals surface area (Å²) in [5, 5.41) is 6.56. The number of halogens is 1. The molecule has 0 saturated carbocycles. The highest BCUT2D eigenvalue weighted by Gasteiger charge is 2.13. The first-order valence-corrected chi connectivity index (χ1v) is 3.82. The lowest BCUT2D eigenvalue weighted by Gasteiger charge is -2.10. The van der Waals surface area contributed by atoms with Crippen molar-refractivity contribution in [2.75, 3.05) is 0 Å². The molecule has 4 nitrogen and oxygen atoms in total. The maximum Gasteiger partial charge on any atom is 0.242 e. The zero-order chi connectivity index (χ0) is 8.43. The van der Waals surface area contributed by atoms with Crippen LogP contribution in [0.25, 0.3) is 0 Å². The van der Waals surface area contributed by atoms with Crippen LogP contribution in [0.15, 0.2) is 0 Å². The predicted molar refractivity (Wildman–Crippen MR) is 43.2 cm³/mol. The quantitative estimate of drug-likeness (QED) is 0.706. The van der Waals surface area contributed by atoms with Crippen LogP contribution in [-0.2, 0) is 0 Å². The average molecular weight is 175 g/mol. The summed E-state index contributed by atoms with van der Waals surface area (Å²) >= 11 is 5.50. The lowest BCUT2D eigenvalue weighted by Crippen LogP contribution is -2.18. The van der Waals surface area contributed by atoms with Gasteiger partial charge in [0, 0.05) is 0 Å². The van der Waals surface area contributed by atoms with Gasteiger partial charge in [0.05, 0.1) is 6.04 Å². The molecule has 62 valence electrons. The molecule has 0 aliphatic rings. The molecule has 0 aliphatic carbocycles. The fourth-order valence-electron chi connectivity index (χ4n) is 0.718. The van der Waals surface area contributed by atoms with Crippen LogP contribution in [0, 0.1) is 5.92 Å². The summed E-state index contributed by atoms with van der Waals surface area (Å²) in [4.78, 5) is 3.91. The average Bonchev–Trinajstić information content (AvgIpc) is 2.34. The molecule has 11 heavy (non-hydrogen) atoms. The molecule has 1 aromatic rings. The summed E-state index contributed by atoms with van der Waals surface area (Å²) in [6.45, 7) is 4.03. The highest BCUT2D eigenvalue weighted by atomic mass is 35.5. The number of nitrogens with one attached hydrogen (secondary N) is 1. The Bertz CT molecular complexity index is 232. The molecule has 0 fully saturated rings. The standard InChI is InChI=1S/C6H11ClN4/c1-3(2)4(8)5-9-6(7)11-10-5/h3-4H,8H2,1-2H3,(H,9,10,11)/t4-/m0/s1. The summed E-state index contributed by atoms with van der Waals surface area (Å²) in [5.74, 6) is 0.976. The Kier molecular flexibility index (Phi) is 2.46. The number of nitrogens with two attached hydrogens (primary N) is 1. The van der Waals surface area contributed by atoms with E-state index >= 15 is 0 Å². The van der Waals surface area contributed by atoms with Crippen molar-refractivity contribution in [2.24, 2.45) is 11.7 Å².